The molecule has 0 saturated carbocycles. The number of carbonyl (C=O) groups excluding carboxylic acids is 1. The van der Waals surface area contributed by atoms with Crippen LogP contribution in [0, 0.1) is 5.92 Å². The number of phenolic OH excluding ortho intramolecular Hbond substituents is 1. The van der Waals surface area contributed by atoms with Crippen molar-refractivity contribution in [1.82, 2.24) is 0 Å². The van der Waals surface area contributed by atoms with Gasteiger partial charge in [0.1, 0.15) is 5.75 Å². The highest BCUT2D eigenvalue weighted by Crippen LogP contribution is 2.46. The molecule has 0 aromatic heterocycles. The van der Waals surface area contributed by atoms with Crippen molar-refractivity contribution < 1.29 is 19.4 Å². The van der Waals surface area contributed by atoms with E-state index in [1.54, 1.807) is 6.07 Å². The summed E-state index contributed by atoms with van der Waals surface area (Å²) in [6.07, 6.45) is 0.643. The highest BCUT2D eigenvalue weighted by molar-refractivity contribution is 5.98. The SMILES string of the molecule is COc1c(CC(C)C)c(OC(C)=O)c2ccccc2c1O. The van der Waals surface area contributed by atoms with Gasteiger partial charge in [0.05, 0.1) is 7.11 Å². The molecule has 4 nitrogen and oxygen atoms in total. The van der Waals surface area contributed by atoms with Crippen LogP contribution >= 0.6 is 0 Å². The van der Waals surface area contributed by atoms with E-state index in [-0.39, 0.29) is 5.75 Å². The number of hydrogen-bond donors (Lipinski definition) is 1. The molecule has 0 fully saturated rings. The maximum Gasteiger partial charge on any atom is 0.308 e. The lowest BCUT2D eigenvalue weighted by molar-refractivity contribution is -0.131. The smallest absolute Gasteiger partial charge is 0.308 e. The molecule has 0 bridgehead atoms. The summed E-state index contributed by atoms with van der Waals surface area (Å²) in [5.41, 5.74) is 0.721. The van der Waals surface area contributed by atoms with Crippen LogP contribution in [-0.4, -0.2) is 18.2 Å². The summed E-state index contributed by atoms with van der Waals surface area (Å²) in [6.45, 7) is 5.49. The fourth-order valence-corrected chi connectivity index (χ4v) is 2.49. The first kappa shape index (κ1) is 15.2. The van der Waals surface area contributed by atoms with Crippen molar-refractivity contribution in [2.24, 2.45) is 5.92 Å². The molecule has 4 heteroatoms. The van der Waals surface area contributed by atoms with Crippen molar-refractivity contribution in [2.75, 3.05) is 7.11 Å². The minimum Gasteiger partial charge on any atom is -0.504 e. The van der Waals surface area contributed by atoms with Crippen LogP contribution in [0.15, 0.2) is 24.3 Å². The second kappa shape index (κ2) is 6.04. The topological polar surface area (TPSA) is 55.8 Å². The van der Waals surface area contributed by atoms with E-state index < -0.39 is 5.97 Å². The molecule has 0 atom stereocenters. The van der Waals surface area contributed by atoms with E-state index in [1.807, 2.05) is 18.2 Å². The molecule has 0 amide bonds. The molecule has 0 saturated heterocycles. The van der Waals surface area contributed by atoms with Crippen LogP contribution in [0.3, 0.4) is 0 Å². The molecule has 0 heterocycles. The van der Waals surface area contributed by atoms with E-state index in [0.717, 1.165) is 5.56 Å². The first-order chi connectivity index (χ1) is 9.95. The second-order valence-corrected chi connectivity index (χ2v) is 5.43. The molecule has 2 rings (SSSR count). The molecule has 2 aromatic rings. The molecular weight excluding hydrogens is 268 g/mol. The Morgan fingerprint density at radius 3 is 2.33 bits per heavy atom. The fourth-order valence-electron chi connectivity index (χ4n) is 2.49. The van der Waals surface area contributed by atoms with E-state index in [0.29, 0.717) is 34.6 Å². The van der Waals surface area contributed by atoms with Crippen molar-refractivity contribution in [1.29, 1.82) is 0 Å². The maximum absolute atomic E-state index is 11.5. The Morgan fingerprint density at radius 2 is 1.81 bits per heavy atom. The average molecular weight is 288 g/mol. The number of carbonyl (C=O) groups is 1. The van der Waals surface area contributed by atoms with Gasteiger partial charge in [-0.2, -0.15) is 0 Å². The lowest BCUT2D eigenvalue weighted by atomic mass is 9.96. The van der Waals surface area contributed by atoms with Crippen molar-refractivity contribution in [2.45, 2.75) is 27.2 Å². The van der Waals surface area contributed by atoms with Gasteiger partial charge in [-0.1, -0.05) is 38.1 Å². The second-order valence-electron chi connectivity index (χ2n) is 5.43. The zero-order chi connectivity index (χ0) is 15.6. The molecule has 2 aromatic carbocycles. The third-order valence-electron chi connectivity index (χ3n) is 3.25. The lowest BCUT2D eigenvalue weighted by Gasteiger charge is -2.19. The van der Waals surface area contributed by atoms with Crippen LogP contribution in [0.25, 0.3) is 10.8 Å². The molecule has 0 aliphatic heterocycles. The van der Waals surface area contributed by atoms with E-state index >= 15 is 0 Å². The predicted molar refractivity (Wildman–Crippen MR) is 82.0 cm³/mol. The fraction of sp³-hybridized carbons (Fsp3) is 0.353. The highest BCUT2D eigenvalue weighted by atomic mass is 16.5. The minimum absolute atomic E-state index is 0.0830. The molecule has 0 unspecified atom stereocenters. The van der Waals surface area contributed by atoms with Crippen molar-refractivity contribution in [3.05, 3.63) is 29.8 Å². The number of esters is 1. The van der Waals surface area contributed by atoms with Gasteiger partial charge in [0.15, 0.2) is 11.5 Å². The summed E-state index contributed by atoms with van der Waals surface area (Å²) < 4.78 is 10.8. The Bertz CT molecular complexity index is 674. The van der Waals surface area contributed by atoms with Gasteiger partial charge in [-0.25, -0.2) is 0 Å². The van der Waals surface area contributed by atoms with Crippen molar-refractivity contribution >= 4 is 16.7 Å². The van der Waals surface area contributed by atoms with Gasteiger partial charge in [-0.05, 0) is 12.3 Å². The van der Waals surface area contributed by atoms with Gasteiger partial charge in [-0.3, -0.25) is 4.79 Å². The number of fused-ring (bicyclic) bond motifs is 1. The number of aromatic hydroxyl groups is 1. The van der Waals surface area contributed by atoms with Gasteiger partial charge in [0.2, 0.25) is 0 Å². The lowest BCUT2D eigenvalue weighted by Crippen LogP contribution is -2.08. The standard InChI is InChI=1S/C17H20O4/c1-10(2)9-14-16(21-11(3)18)13-8-6-5-7-12(13)15(19)17(14)20-4/h5-8,10,19H,9H2,1-4H3. The minimum atomic E-state index is -0.391. The monoisotopic (exact) mass is 288 g/mol. The first-order valence-electron chi connectivity index (χ1n) is 6.94. The molecule has 21 heavy (non-hydrogen) atoms. The van der Waals surface area contributed by atoms with Crippen LogP contribution in [0.1, 0.15) is 26.3 Å². The normalized spacial score (nSPS) is 10.9. The average Bonchev–Trinajstić information content (AvgIpc) is 2.43. The van der Waals surface area contributed by atoms with Gasteiger partial charge in [0.25, 0.3) is 0 Å². The third kappa shape index (κ3) is 2.94. The molecule has 112 valence electrons. The summed E-state index contributed by atoms with van der Waals surface area (Å²) >= 11 is 0. The van der Waals surface area contributed by atoms with Crippen LogP contribution in [0.4, 0.5) is 0 Å². The Balaban J connectivity index is 2.83. The Hall–Kier alpha value is -2.23. The Labute approximate surface area is 124 Å². The summed E-state index contributed by atoms with van der Waals surface area (Å²) in [7, 11) is 1.51. The number of phenols is 1. The van der Waals surface area contributed by atoms with Gasteiger partial charge in [-0.15, -0.1) is 0 Å². The number of ether oxygens (including phenoxy) is 2. The van der Waals surface area contributed by atoms with Crippen LogP contribution < -0.4 is 9.47 Å². The molecule has 0 aliphatic rings. The molecule has 0 spiro atoms. The van der Waals surface area contributed by atoms with E-state index in [9.17, 15) is 9.90 Å². The van der Waals surface area contributed by atoms with E-state index in [4.69, 9.17) is 9.47 Å². The molecular formula is C17H20O4. The summed E-state index contributed by atoms with van der Waals surface area (Å²) in [5, 5.41) is 11.8. The van der Waals surface area contributed by atoms with Crippen molar-refractivity contribution in [3.63, 3.8) is 0 Å². The zero-order valence-electron chi connectivity index (χ0n) is 12.8. The quantitative estimate of drug-likeness (QED) is 0.689. The summed E-state index contributed by atoms with van der Waals surface area (Å²) in [5.74, 6) is 0.867. The van der Waals surface area contributed by atoms with Crippen LogP contribution in [0.2, 0.25) is 0 Å². The molecule has 0 radical (unpaired) electrons. The van der Waals surface area contributed by atoms with Gasteiger partial charge < -0.3 is 14.6 Å². The summed E-state index contributed by atoms with van der Waals surface area (Å²) in [6, 6.07) is 7.28. The third-order valence-corrected chi connectivity index (χ3v) is 3.25. The maximum atomic E-state index is 11.5. The zero-order valence-corrected chi connectivity index (χ0v) is 12.8. The molecule has 1 N–H and O–H groups in total. The number of rotatable bonds is 4. The number of hydrogen-bond acceptors (Lipinski definition) is 4. The van der Waals surface area contributed by atoms with Crippen LogP contribution in [-0.2, 0) is 11.2 Å². The summed E-state index contributed by atoms with van der Waals surface area (Å²) in [4.78, 5) is 11.5. The van der Waals surface area contributed by atoms with Crippen LogP contribution in [0.5, 0.6) is 17.2 Å². The van der Waals surface area contributed by atoms with E-state index in [1.165, 1.54) is 14.0 Å². The Kier molecular flexibility index (Phi) is 4.36. The molecule has 0 aliphatic carbocycles. The highest BCUT2D eigenvalue weighted by Gasteiger charge is 2.22. The first-order valence-corrected chi connectivity index (χ1v) is 6.94. The number of benzene rings is 2. The number of methoxy groups -OCH3 is 1. The van der Waals surface area contributed by atoms with E-state index in [2.05, 4.69) is 13.8 Å². The largest absolute Gasteiger partial charge is 0.504 e. The van der Waals surface area contributed by atoms with Crippen molar-refractivity contribution in [3.8, 4) is 17.2 Å². The Morgan fingerprint density at radius 1 is 1.19 bits per heavy atom. The van der Waals surface area contributed by atoms with Gasteiger partial charge >= 0.3 is 5.97 Å². The van der Waals surface area contributed by atoms with Gasteiger partial charge in [0, 0.05) is 23.3 Å². The predicted octanol–water partition coefficient (Wildman–Crippen LogP) is 3.68.